The van der Waals surface area contributed by atoms with Crippen LogP contribution in [0.4, 0.5) is 0 Å². The first-order valence-corrected chi connectivity index (χ1v) is 3.75. The number of hydrogen-bond acceptors (Lipinski definition) is 3. The molecule has 5 nitrogen and oxygen atoms in total. The maximum absolute atomic E-state index is 11.2. The minimum Gasteiger partial charge on any atom is -0.478 e. The van der Waals surface area contributed by atoms with Crippen LogP contribution >= 0.6 is 0 Å². The van der Waals surface area contributed by atoms with Crippen LogP contribution in [0.25, 0.3) is 0 Å². The van der Waals surface area contributed by atoms with Gasteiger partial charge >= 0.3 is 5.97 Å². The number of carboxylic acids is 1. The van der Waals surface area contributed by atoms with E-state index in [0.29, 0.717) is 6.54 Å². The van der Waals surface area contributed by atoms with Crippen LogP contribution in [0.15, 0.2) is 16.7 Å². The van der Waals surface area contributed by atoms with Gasteiger partial charge in [-0.25, -0.2) is 4.79 Å². The van der Waals surface area contributed by atoms with Crippen molar-refractivity contribution in [3.05, 3.63) is 23.7 Å². The van der Waals surface area contributed by atoms with Gasteiger partial charge in [-0.2, -0.15) is 0 Å². The number of amides is 1. The average molecular weight is 183 g/mol. The maximum Gasteiger partial charge on any atom is 0.339 e. The van der Waals surface area contributed by atoms with Crippen LogP contribution < -0.4 is 5.32 Å². The molecule has 0 aliphatic heterocycles. The molecule has 1 heterocycles. The van der Waals surface area contributed by atoms with Crippen LogP contribution in [0.3, 0.4) is 0 Å². The zero-order chi connectivity index (χ0) is 9.84. The summed E-state index contributed by atoms with van der Waals surface area (Å²) in [6.45, 7) is 2.17. The fraction of sp³-hybridized carbons (Fsp3) is 0.250. The van der Waals surface area contributed by atoms with E-state index in [1.54, 1.807) is 6.92 Å². The predicted molar refractivity (Wildman–Crippen MR) is 43.7 cm³/mol. The average Bonchev–Trinajstić information content (AvgIpc) is 2.52. The number of carbonyl (C=O) groups excluding carboxylic acids is 1. The molecular formula is C8H9NO4. The van der Waals surface area contributed by atoms with E-state index in [1.165, 1.54) is 12.3 Å². The number of furan rings is 1. The lowest BCUT2D eigenvalue weighted by atomic mass is 10.2. The molecule has 0 saturated heterocycles. The molecule has 0 saturated carbocycles. The second kappa shape index (κ2) is 3.75. The molecule has 1 amide bonds. The molecule has 2 N–H and O–H groups in total. The van der Waals surface area contributed by atoms with Gasteiger partial charge < -0.3 is 14.8 Å². The van der Waals surface area contributed by atoms with Crippen LogP contribution in [0.1, 0.15) is 27.8 Å². The molecule has 70 valence electrons. The zero-order valence-electron chi connectivity index (χ0n) is 7.03. The Kier molecular flexibility index (Phi) is 2.69. The number of aromatic carboxylic acids is 1. The first kappa shape index (κ1) is 9.31. The summed E-state index contributed by atoms with van der Waals surface area (Å²) in [6, 6.07) is 1.24. The second-order valence-electron chi connectivity index (χ2n) is 2.33. The fourth-order valence-corrected chi connectivity index (χ4v) is 0.894. The number of carboxylic acid groups (broad SMARTS) is 1. The van der Waals surface area contributed by atoms with E-state index in [1.807, 2.05) is 0 Å². The van der Waals surface area contributed by atoms with Crippen molar-refractivity contribution in [3.63, 3.8) is 0 Å². The standard InChI is InChI=1S/C8H9NO4/c1-2-9-7(10)6-5(8(11)12)3-4-13-6/h3-4H,2H2,1H3,(H,9,10)(H,11,12). The Labute approximate surface area is 74.4 Å². The smallest absolute Gasteiger partial charge is 0.339 e. The molecule has 0 aliphatic rings. The van der Waals surface area contributed by atoms with Gasteiger partial charge in [0, 0.05) is 6.54 Å². The van der Waals surface area contributed by atoms with Gasteiger partial charge in [0.15, 0.2) is 0 Å². The van der Waals surface area contributed by atoms with E-state index in [9.17, 15) is 9.59 Å². The summed E-state index contributed by atoms with van der Waals surface area (Å²) < 4.78 is 4.75. The third kappa shape index (κ3) is 1.87. The Bertz CT molecular complexity index is 329. The summed E-state index contributed by atoms with van der Waals surface area (Å²) in [4.78, 5) is 21.7. The summed E-state index contributed by atoms with van der Waals surface area (Å²) in [5, 5.41) is 11.1. The van der Waals surface area contributed by atoms with Crippen molar-refractivity contribution < 1.29 is 19.1 Å². The summed E-state index contributed by atoms with van der Waals surface area (Å²) in [5.74, 6) is -1.84. The molecule has 1 aromatic rings. The molecule has 5 heteroatoms. The number of carbonyl (C=O) groups is 2. The normalized spacial score (nSPS) is 9.62. The van der Waals surface area contributed by atoms with Crippen molar-refractivity contribution >= 4 is 11.9 Å². The molecule has 0 aromatic carbocycles. The van der Waals surface area contributed by atoms with Crippen LogP contribution in [-0.4, -0.2) is 23.5 Å². The van der Waals surface area contributed by atoms with Crippen LogP contribution in [0, 0.1) is 0 Å². The first-order valence-electron chi connectivity index (χ1n) is 3.75. The van der Waals surface area contributed by atoms with Crippen LogP contribution in [0.2, 0.25) is 0 Å². The molecule has 0 unspecified atom stereocenters. The van der Waals surface area contributed by atoms with E-state index >= 15 is 0 Å². The lowest BCUT2D eigenvalue weighted by molar-refractivity contribution is 0.0688. The van der Waals surface area contributed by atoms with Gasteiger partial charge in [0.1, 0.15) is 5.56 Å². The highest BCUT2D eigenvalue weighted by Crippen LogP contribution is 2.09. The molecule has 0 radical (unpaired) electrons. The summed E-state index contributed by atoms with van der Waals surface area (Å²) in [7, 11) is 0. The van der Waals surface area contributed by atoms with Gasteiger partial charge in [-0.15, -0.1) is 0 Å². The maximum atomic E-state index is 11.2. The van der Waals surface area contributed by atoms with Crippen molar-refractivity contribution in [1.29, 1.82) is 0 Å². The third-order valence-electron chi connectivity index (χ3n) is 1.44. The molecule has 0 atom stereocenters. The van der Waals surface area contributed by atoms with Gasteiger partial charge in [-0.05, 0) is 13.0 Å². The van der Waals surface area contributed by atoms with Crippen molar-refractivity contribution in [1.82, 2.24) is 5.32 Å². The van der Waals surface area contributed by atoms with E-state index < -0.39 is 11.9 Å². The Morgan fingerprint density at radius 3 is 2.85 bits per heavy atom. The number of rotatable bonds is 3. The Morgan fingerprint density at radius 1 is 1.62 bits per heavy atom. The topological polar surface area (TPSA) is 79.5 Å². The summed E-state index contributed by atoms with van der Waals surface area (Å²) >= 11 is 0. The van der Waals surface area contributed by atoms with Crippen LogP contribution in [-0.2, 0) is 0 Å². The third-order valence-corrected chi connectivity index (χ3v) is 1.44. The van der Waals surface area contributed by atoms with Gasteiger partial charge in [-0.3, -0.25) is 4.79 Å². The van der Waals surface area contributed by atoms with E-state index in [-0.39, 0.29) is 11.3 Å². The first-order chi connectivity index (χ1) is 6.16. The second-order valence-corrected chi connectivity index (χ2v) is 2.33. The molecule has 13 heavy (non-hydrogen) atoms. The summed E-state index contributed by atoms with van der Waals surface area (Å²) in [6.07, 6.45) is 1.17. The van der Waals surface area contributed by atoms with E-state index in [4.69, 9.17) is 9.52 Å². The monoisotopic (exact) mass is 183 g/mol. The molecule has 1 rings (SSSR count). The highest BCUT2D eigenvalue weighted by molar-refractivity contribution is 6.02. The Morgan fingerprint density at radius 2 is 2.31 bits per heavy atom. The van der Waals surface area contributed by atoms with E-state index in [2.05, 4.69) is 5.32 Å². The summed E-state index contributed by atoms with van der Waals surface area (Å²) in [5.41, 5.74) is -0.119. The minimum atomic E-state index is -1.17. The van der Waals surface area contributed by atoms with Gasteiger partial charge in [-0.1, -0.05) is 0 Å². The SMILES string of the molecule is CCNC(=O)c1occc1C(=O)O. The van der Waals surface area contributed by atoms with Gasteiger partial charge in [0.2, 0.25) is 5.76 Å². The number of hydrogen-bond donors (Lipinski definition) is 2. The van der Waals surface area contributed by atoms with Crippen molar-refractivity contribution in [2.45, 2.75) is 6.92 Å². The predicted octanol–water partition coefficient (Wildman–Crippen LogP) is 0.728. The van der Waals surface area contributed by atoms with Crippen molar-refractivity contribution in [2.75, 3.05) is 6.54 Å². The highest BCUT2D eigenvalue weighted by Gasteiger charge is 2.19. The molecule has 0 fully saturated rings. The Balaban J connectivity index is 2.93. The van der Waals surface area contributed by atoms with E-state index in [0.717, 1.165) is 0 Å². The number of nitrogens with one attached hydrogen (secondary N) is 1. The van der Waals surface area contributed by atoms with Crippen molar-refractivity contribution in [3.8, 4) is 0 Å². The Hall–Kier alpha value is -1.78. The zero-order valence-corrected chi connectivity index (χ0v) is 7.03. The molecule has 0 spiro atoms. The quantitative estimate of drug-likeness (QED) is 0.723. The van der Waals surface area contributed by atoms with Gasteiger partial charge in [0.05, 0.1) is 6.26 Å². The van der Waals surface area contributed by atoms with Gasteiger partial charge in [0.25, 0.3) is 5.91 Å². The molecule has 0 bridgehead atoms. The minimum absolute atomic E-state index is 0.119. The molecule has 1 aromatic heterocycles. The molecular weight excluding hydrogens is 174 g/mol. The highest BCUT2D eigenvalue weighted by atomic mass is 16.4. The lowest BCUT2D eigenvalue weighted by Gasteiger charge is -1.98. The van der Waals surface area contributed by atoms with Crippen LogP contribution in [0.5, 0.6) is 0 Å². The molecule has 0 aliphatic carbocycles. The largest absolute Gasteiger partial charge is 0.478 e. The van der Waals surface area contributed by atoms with Crippen molar-refractivity contribution in [2.24, 2.45) is 0 Å². The fourth-order valence-electron chi connectivity index (χ4n) is 0.894. The lowest BCUT2D eigenvalue weighted by Crippen LogP contribution is -2.23.